The molecule has 0 unspecified atom stereocenters. The Morgan fingerprint density at radius 3 is 2.83 bits per heavy atom. The van der Waals surface area contributed by atoms with Gasteiger partial charge >= 0.3 is 5.97 Å². The molecule has 1 aromatic rings. The average molecular weight is 326 g/mol. The normalized spacial score (nSPS) is 37.1. The predicted octanol–water partition coefficient (Wildman–Crippen LogP) is 4.91. The van der Waals surface area contributed by atoms with Crippen molar-refractivity contribution >= 4 is 12.0 Å². The van der Waals surface area contributed by atoms with Crippen molar-refractivity contribution in [3.8, 4) is 0 Å². The lowest BCUT2D eigenvalue weighted by atomic mass is 9.56. The van der Waals surface area contributed by atoms with Crippen molar-refractivity contribution < 1.29 is 13.9 Å². The standard InChI is InChI=1S/C21H23FO2/c1-13-4-3-9-21(2)12-19-16(11-18(13)21)17(20(23)24-19)10-14-5-7-15(22)8-6-14/h5-8,10,16,18-19H,1,3-4,9,11-12H2,2H3/b17-10-/t16-,18+,19-,21-/m1/s1. The molecular weight excluding hydrogens is 303 g/mol. The fraction of sp³-hybridized carbons (Fsp3) is 0.476. The molecule has 126 valence electrons. The topological polar surface area (TPSA) is 26.3 Å². The molecule has 24 heavy (non-hydrogen) atoms. The van der Waals surface area contributed by atoms with E-state index in [0.29, 0.717) is 5.92 Å². The van der Waals surface area contributed by atoms with Gasteiger partial charge in [0.15, 0.2) is 0 Å². The highest BCUT2D eigenvalue weighted by molar-refractivity contribution is 5.96. The zero-order valence-corrected chi connectivity index (χ0v) is 14.1. The van der Waals surface area contributed by atoms with Gasteiger partial charge in [-0.3, -0.25) is 0 Å². The van der Waals surface area contributed by atoms with E-state index in [9.17, 15) is 9.18 Å². The van der Waals surface area contributed by atoms with E-state index in [-0.39, 0.29) is 29.2 Å². The van der Waals surface area contributed by atoms with Crippen molar-refractivity contribution in [3.63, 3.8) is 0 Å². The molecule has 2 saturated carbocycles. The lowest BCUT2D eigenvalue weighted by Crippen LogP contribution is -2.43. The summed E-state index contributed by atoms with van der Waals surface area (Å²) in [5.74, 6) is 0.132. The van der Waals surface area contributed by atoms with Gasteiger partial charge in [0.05, 0.1) is 0 Å². The lowest BCUT2D eigenvalue weighted by Gasteiger charge is -2.49. The second-order valence-corrected chi connectivity index (χ2v) is 7.86. The summed E-state index contributed by atoms with van der Waals surface area (Å²) >= 11 is 0. The number of carbonyl (C=O) groups is 1. The number of halogens is 1. The van der Waals surface area contributed by atoms with Gasteiger partial charge in [-0.1, -0.05) is 31.2 Å². The molecule has 4 atom stereocenters. The van der Waals surface area contributed by atoms with Gasteiger partial charge < -0.3 is 4.74 Å². The van der Waals surface area contributed by atoms with Crippen molar-refractivity contribution in [2.45, 2.75) is 45.1 Å². The number of ether oxygens (including phenoxy) is 1. The van der Waals surface area contributed by atoms with Gasteiger partial charge in [0.25, 0.3) is 0 Å². The maximum atomic E-state index is 13.1. The molecule has 1 aromatic carbocycles. The minimum atomic E-state index is -0.268. The lowest BCUT2D eigenvalue weighted by molar-refractivity contribution is -0.142. The van der Waals surface area contributed by atoms with E-state index >= 15 is 0 Å². The van der Waals surface area contributed by atoms with Gasteiger partial charge in [0.1, 0.15) is 11.9 Å². The van der Waals surface area contributed by atoms with Crippen LogP contribution in [-0.2, 0) is 9.53 Å². The summed E-state index contributed by atoms with van der Waals surface area (Å²) in [4.78, 5) is 12.4. The van der Waals surface area contributed by atoms with Crippen LogP contribution in [0.2, 0.25) is 0 Å². The second kappa shape index (κ2) is 5.58. The molecule has 0 bridgehead atoms. The van der Waals surface area contributed by atoms with Gasteiger partial charge in [-0.25, -0.2) is 9.18 Å². The van der Waals surface area contributed by atoms with Crippen LogP contribution in [0.25, 0.3) is 6.08 Å². The van der Waals surface area contributed by atoms with Gasteiger partial charge in [-0.05, 0) is 67.2 Å². The van der Waals surface area contributed by atoms with Crippen LogP contribution in [0.3, 0.4) is 0 Å². The summed E-state index contributed by atoms with van der Waals surface area (Å²) in [5, 5.41) is 0. The highest BCUT2D eigenvalue weighted by atomic mass is 19.1. The summed E-state index contributed by atoms with van der Waals surface area (Å²) in [7, 11) is 0. The molecular formula is C21H23FO2. The highest BCUT2D eigenvalue weighted by Crippen LogP contribution is 2.56. The number of esters is 1. The Labute approximate surface area is 142 Å². The average Bonchev–Trinajstić information content (AvgIpc) is 2.82. The van der Waals surface area contributed by atoms with E-state index in [4.69, 9.17) is 4.74 Å². The zero-order valence-electron chi connectivity index (χ0n) is 14.1. The van der Waals surface area contributed by atoms with Crippen molar-refractivity contribution in [1.29, 1.82) is 0 Å². The molecule has 2 aliphatic carbocycles. The Hall–Kier alpha value is -1.90. The SMILES string of the molecule is C=C1CCC[C@]2(C)C[C@H]3OC(=O)/C(=C\c4ccc(F)cc4)[C@H]3C[C@@H]12. The summed E-state index contributed by atoms with van der Waals surface area (Å²) in [6.45, 7) is 6.64. The first-order valence-corrected chi connectivity index (χ1v) is 8.82. The number of hydrogen-bond donors (Lipinski definition) is 0. The van der Waals surface area contributed by atoms with Crippen LogP contribution in [0.1, 0.15) is 44.6 Å². The first-order chi connectivity index (χ1) is 11.5. The molecule has 0 amide bonds. The summed E-state index contributed by atoms with van der Waals surface area (Å²) in [6, 6.07) is 6.25. The minimum Gasteiger partial charge on any atom is -0.458 e. The van der Waals surface area contributed by atoms with Crippen LogP contribution < -0.4 is 0 Å². The second-order valence-electron chi connectivity index (χ2n) is 7.86. The zero-order chi connectivity index (χ0) is 16.9. The van der Waals surface area contributed by atoms with Crippen molar-refractivity contribution in [1.82, 2.24) is 0 Å². The maximum absolute atomic E-state index is 13.1. The van der Waals surface area contributed by atoms with Gasteiger partial charge in [0, 0.05) is 11.5 Å². The Balaban J connectivity index is 1.65. The molecule has 3 fully saturated rings. The Morgan fingerprint density at radius 1 is 1.33 bits per heavy atom. The summed E-state index contributed by atoms with van der Waals surface area (Å²) in [5.41, 5.74) is 3.14. The number of hydrogen-bond acceptors (Lipinski definition) is 2. The van der Waals surface area contributed by atoms with Gasteiger partial charge in [0.2, 0.25) is 0 Å². The van der Waals surface area contributed by atoms with Crippen LogP contribution in [0, 0.1) is 23.1 Å². The monoisotopic (exact) mass is 326 g/mol. The van der Waals surface area contributed by atoms with Crippen LogP contribution in [-0.4, -0.2) is 12.1 Å². The summed E-state index contributed by atoms with van der Waals surface area (Å²) in [6.07, 6.45) is 7.21. The smallest absolute Gasteiger partial charge is 0.334 e. The molecule has 1 heterocycles. The van der Waals surface area contributed by atoms with E-state index in [1.54, 1.807) is 12.1 Å². The van der Waals surface area contributed by atoms with E-state index in [1.165, 1.54) is 30.5 Å². The fourth-order valence-corrected chi connectivity index (χ4v) is 4.98. The highest BCUT2D eigenvalue weighted by Gasteiger charge is 2.53. The van der Waals surface area contributed by atoms with E-state index in [0.717, 1.165) is 30.4 Å². The molecule has 0 aromatic heterocycles. The molecule has 3 aliphatic rings. The van der Waals surface area contributed by atoms with Crippen molar-refractivity contribution in [2.75, 3.05) is 0 Å². The number of rotatable bonds is 1. The van der Waals surface area contributed by atoms with Crippen LogP contribution in [0.4, 0.5) is 4.39 Å². The predicted molar refractivity (Wildman–Crippen MR) is 91.6 cm³/mol. The molecule has 2 nitrogen and oxygen atoms in total. The fourth-order valence-electron chi connectivity index (χ4n) is 4.98. The van der Waals surface area contributed by atoms with E-state index in [2.05, 4.69) is 13.5 Å². The number of carbonyl (C=O) groups excluding carboxylic acids is 1. The van der Waals surface area contributed by atoms with Crippen molar-refractivity contribution in [3.05, 3.63) is 53.4 Å². The van der Waals surface area contributed by atoms with Crippen LogP contribution in [0.5, 0.6) is 0 Å². The molecule has 1 saturated heterocycles. The molecule has 0 spiro atoms. The third-order valence-electron chi connectivity index (χ3n) is 6.27. The Morgan fingerprint density at radius 2 is 2.08 bits per heavy atom. The van der Waals surface area contributed by atoms with E-state index < -0.39 is 0 Å². The third-order valence-corrected chi connectivity index (χ3v) is 6.27. The van der Waals surface area contributed by atoms with Crippen LogP contribution in [0.15, 0.2) is 42.0 Å². The molecule has 0 radical (unpaired) electrons. The Bertz CT molecular complexity index is 718. The molecule has 1 aliphatic heterocycles. The first kappa shape index (κ1) is 15.6. The Kier molecular flexibility index (Phi) is 3.63. The number of benzene rings is 1. The van der Waals surface area contributed by atoms with Gasteiger partial charge in [-0.2, -0.15) is 0 Å². The third kappa shape index (κ3) is 2.51. The van der Waals surface area contributed by atoms with Crippen LogP contribution >= 0.6 is 0 Å². The largest absolute Gasteiger partial charge is 0.458 e. The quantitative estimate of drug-likeness (QED) is 0.416. The van der Waals surface area contributed by atoms with Gasteiger partial charge in [-0.15, -0.1) is 0 Å². The number of allylic oxidation sites excluding steroid dienone is 1. The van der Waals surface area contributed by atoms with Crippen molar-refractivity contribution in [2.24, 2.45) is 17.3 Å². The minimum absolute atomic E-state index is 0.0173. The summed E-state index contributed by atoms with van der Waals surface area (Å²) < 4.78 is 18.8. The maximum Gasteiger partial charge on any atom is 0.334 e. The molecule has 4 rings (SSSR count). The molecule has 0 N–H and O–H groups in total. The molecule has 3 heteroatoms. The number of fused-ring (bicyclic) bond motifs is 2. The first-order valence-electron chi connectivity index (χ1n) is 8.82. The van der Waals surface area contributed by atoms with E-state index in [1.807, 2.05) is 6.08 Å².